The SMILES string of the molecule is O=C1C=C(c2ncc(CNC(=O)c3ccc4c(c3)NC(=O)c3ccccc3S4)s2)CC1. The summed E-state index contributed by atoms with van der Waals surface area (Å²) in [5, 5.41) is 6.64. The Kier molecular flexibility index (Phi) is 5.17. The third-order valence-corrected chi connectivity index (χ3v) is 7.29. The minimum absolute atomic E-state index is 0.136. The Balaban J connectivity index is 1.29. The van der Waals surface area contributed by atoms with Gasteiger partial charge in [0.15, 0.2) is 5.78 Å². The minimum atomic E-state index is -0.228. The molecule has 8 heteroatoms. The summed E-state index contributed by atoms with van der Waals surface area (Å²) >= 11 is 2.98. The molecule has 1 aliphatic carbocycles. The molecule has 1 aromatic heterocycles. The van der Waals surface area contributed by atoms with Gasteiger partial charge in [-0.15, -0.1) is 11.3 Å². The molecular weight excluding hydrogens is 430 g/mol. The molecule has 31 heavy (non-hydrogen) atoms. The molecule has 3 aromatic rings. The fraction of sp³-hybridized carbons (Fsp3) is 0.130. The second-order valence-corrected chi connectivity index (χ2v) is 9.41. The molecule has 5 rings (SSSR count). The minimum Gasteiger partial charge on any atom is -0.347 e. The predicted molar refractivity (Wildman–Crippen MR) is 120 cm³/mol. The number of nitrogens with one attached hydrogen (secondary N) is 2. The van der Waals surface area contributed by atoms with E-state index in [1.807, 2.05) is 24.3 Å². The van der Waals surface area contributed by atoms with Gasteiger partial charge in [-0.2, -0.15) is 0 Å². The molecule has 0 unspecified atom stereocenters. The number of fused-ring (bicyclic) bond motifs is 2. The number of ketones is 1. The normalized spacial score (nSPS) is 14.9. The lowest BCUT2D eigenvalue weighted by molar-refractivity contribution is -0.114. The zero-order chi connectivity index (χ0) is 21.4. The third kappa shape index (κ3) is 4.04. The van der Waals surface area contributed by atoms with Gasteiger partial charge in [0.1, 0.15) is 5.01 Å². The van der Waals surface area contributed by atoms with Crippen molar-refractivity contribution in [2.75, 3.05) is 5.32 Å². The Morgan fingerprint density at radius 1 is 1.10 bits per heavy atom. The number of nitrogens with zero attached hydrogens (tertiary/aromatic N) is 1. The van der Waals surface area contributed by atoms with Crippen molar-refractivity contribution in [3.63, 3.8) is 0 Å². The van der Waals surface area contributed by atoms with Crippen LogP contribution in [0, 0.1) is 0 Å². The highest BCUT2D eigenvalue weighted by atomic mass is 32.2. The van der Waals surface area contributed by atoms with E-state index in [1.54, 1.807) is 30.5 Å². The second kappa shape index (κ2) is 8.13. The van der Waals surface area contributed by atoms with Gasteiger partial charge in [0.05, 0.1) is 17.8 Å². The van der Waals surface area contributed by atoms with Gasteiger partial charge < -0.3 is 10.6 Å². The average Bonchev–Trinajstić information content (AvgIpc) is 3.39. The fourth-order valence-electron chi connectivity index (χ4n) is 3.48. The smallest absolute Gasteiger partial charge is 0.256 e. The Hall–Kier alpha value is -3.23. The van der Waals surface area contributed by atoms with E-state index >= 15 is 0 Å². The summed E-state index contributed by atoms with van der Waals surface area (Å²) in [5.74, 6) is -0.276. The maximum Gasteiger partial charge on any atom is 0.256 e. The van der Waals surface area contributed by atoms with Gasteiger partial charge in [-0.3, -0.25) is 14.4 Å². The zero-order valence-electron chi connectivity index (χ0n) is 16.3. The topological polar surface area (TPSA) is 88.2 Å². The lowest BCUT2D eigenvalue weighted by Crippen LogP contribution is -2.22. The summed E-state index contributed by atoms with van der Waals surface area (Å²) in [6, 6.07) is 12.8. The van der Waals surface area contributed by atoms with Crippen molar-refractivity contribution in [3.05, 3.63) is 75.7 Å². The number of hydrogen-bond acceptors (Lipinski definition) is 6. The van der Waals surface area contributed by atoms with Crippen LogP contribution in [0.25, 0.3) is 5.57 Å². The molecule has 0 atom stereocenters. The van der Waals surface area contributed by atoms with E-state index in [-0.39, 0.29) is 17.6 Å². The molecule has 1 aliphatic heterocycles. The molecule has 2 heterocycles. The molecule has 2 aromatic carbocycles. The molecule has 2 amide bonds. The van der Waals surface area contributed by atoms with Crippen molar-refractivity contribution >= 4 is 52.0 Å². The van der Waals surface area contributed by atoms with E-state index in [0.29, 0.717) is 29.8 Å². The average molecular weight is 448 g/mol. The van der Waals surface area contributed by atoms with Crippen LogP contribution in [0.15, 0.2) is 64.5 Å². The number of anilines is 1. The molecule has 0 bridgehead atoms. The van der Waals surface area contributed by atoms with Crippen molar-refractivity contribution < 1.29 is 14.4 Å². The van der Waals surface area contributed by atoms with Crippen LogP contribution in [-0.4, -0.2) is 22.6 Å². The number of carbonyl (C=O) groups is 3. The summed E-state index contributed by atoms with van der Waals surface area (Å²) in [7, 11) is 0. The van der Waals surface area contributed by atoms with Crippen molar-refractivity contribution in [1.29, 1.82) is 0 Å². The van der Waals surface area contributed by atoms with Crippen molar-refractivity contribution in [2.45, 2.75) is 29.2 Å². The summed E-state index contributed by atoms with van der Waals surface area (Å²) in [4.78, 5) is 43.7. The molecule has 0 fully saturated rings. The predicted octanol–water partition coefficient (Wildman–Crippen LogP) is 4.54. The molecule has 2 N–H and O–H groups in total. The molecule has 0 spiro atoms. The molecular formula is C23H17N3O3S2. The van der Waals surface area contributed by atoms with Gasteiger partial charge in [-0.25, -0.2) is 4.98 Å². The van der Waals surface area contributed by atoms with Crippen LogP contribution in [0.1, 0.15) is 43.4 Å². The number of carbonyl (C=O) groups excluding carboxylic acids is 3. The lowest BCUT2D eigenvalue weighted by atomic mass is 10.1. The summed E-state index contributed by atoms with van der Waals surface area (Å²) < 4.78 is 0. The van der Waals surface area contributed by atoms with E-state index < -0.39 is 0 Å². The first-order chi connectivity index (χ1) is 15.1. The highest BCUT2D eigenvalue weighted by Crippen LogP contribution is 2.39. The van der Waals surface area contributed by atoms with Gasteiger partial charge in [0.25, 0.3) is 11.8 Å². The zero-order valence-corrected chi connectivity index (χ0v) is 17.9. The van der Waals surface area contributed by atoms with Crippen LogP contribution in [-0.2, 0) is 11.3 Å². The number of hydrogen-bond donors (Lipinski definition) is 2. The molecule has 2 aliphatic rings. The van der Waals surface area contributed by atoms with E-state index in [1.165, 1.54) is 23.1 Å². The Labute approximate surface area is 186 Å². The van der Waals surface area contributed by atoms with Crippen molar-refractivity contribution in [3.8, 4) is 0 Å². The summed E-state index contributed by atoms with van der Waals surface area (Å²) in [5.41, 5.74) is 2.68. The van der Waals surface area contributed by atoms with Gasteiger partial charge in [0, 0.05) is 32.8 Å². The maximum atomic E-state index is 12.7. The molecule has 6 nitrogen and oxygen atoms in total. The largest absolute Gasteiger partial charge is 0.347 e. The van der Waals surface area contributed by atoms with Crippen LogP contribution in [0.3, 0.4) is 0 Å². The summed E-state index contributed by atoms with van der Waals surface area (Å²) in [6.45, 7) is 0.349. The van der Waals surface area contributed by atoms with Crippen LogP contribution < -0.4 is 10.6 Å². The van der Waals surface area contributed by atoms with Gasteiger partial charge >= 0.3 is 0 Å². The highest BCUT2D eigenvalue weighted by Gasteiger charge is 2.21. The monoisotopic (exact) mass is 447 g/mol. The number of rotatable bonds is 4. The molecule has 0 radical (unpaired) electrons. The maximum absolute atomic E-state index is 12.7. The van der Waals surface area contributed by atoms with E-state index in [9.17, 15) is 14.4 Å². The number of thiazole rings is 1. The van der Waals surface area contributed by atoms with Crippen LogP contribution >= 0.6 is 23.1 Å². The van der Waals surface area contributed by atoms with Crippen LogP contribution in [0.5, 0.6) is 0 Å². The van der Waals surface area contributed by atoms with Crippen LogP contribution in [0.2, 0.25) is 0 Å². The van der Waals surface area contributed by atoms with Gasteiger partial charge in [-0.05, 0) is 48.4 Å². The molecule has 0 saturated heterocycles. The first-order valence-electron chi connectivity index (χ1n) is 9.76. The first kappa shape index (κ1) is 19.7. The number of aromatic nitrogens is 1. The molecule has 154 valence electrons. The van der Waals surface area contributed by atoms with E-state index in [0.717, 1.165) is 31.7 Å². The Bertz CT molecular complexity index is 1260. The molecule has 0 saturated carbocycles. The highest BCUT2D eigenvalue weighted by molar-refractivity contribution is 7.99. The van der Waals surface area contributed by atoms with Crippen LogP contribution in [0.4, 0.5) is 5.69 Å². The standard InChI is InChI=1S/C23H17N3O3S2/c27-15-7-5-14(9-15)23-25-12-16(30-23)11-24-21(28)13-6-8-20-18(10-13)26-22(29)17-3-1-2-4-19(17)31-20/h1-4,6,8-10,12H,5,7,11H2,(H,24,28)(H,26,29). The number of amides is 2. The fourth-order valence-corrected chi connectivity index (χ4v) is 5.39. The quantitative estimate of drug-likeness (QED) is 0.613. The lowest BCUT2D eigenvalue weighted by Gasteiger charge is -2.09. The first-order valence-corrected chi connectivity index (χ1v) is 11.4. The Morgan fingerprint density at radius 2 is 1.97 bits per heavy atom. The van der Waals surface area contributed by atoms with Gasteiger partial charge in [-0.1, -0.05) is 23.9 Å². The van der Waals surface area contributed by atoms with Crippen molar-refractivity contribution in [1.82, 2.24) is 10.3 Å². The number of benzene rings is 2. The van der Waals surface area contributed by atoms with Gasteiger partial charge in [0.2, 0.25) is 0 Å². The van der Waals surface area contributed by atoms with E-state index in [2.05, 4.69) is 15.6 Å². The van der Waals surface area contributed by atoms with Crippen molar-refractivity contribution in [2.24, 2.45) is 0 Å². The Morgan fingerprint density at radius 3 is 2.81 bits per heavy atom. The second-order valence-electron chi connectivity index (χ2n) is 7.21. The number of allylic oxidation sites excluding steroid dienone is 2. The summed E-state index contributed by atoms with van der Waals surface area (Å²) in [6.07, 6.45) is 4.65. The van der Waals surface area contributed by atoms with E-state index in [4.69, 9.17) is 0 Å². The third-order valence-electron chi connectivity index (χ3n) is 5.07.